The number of aromatic nitrogens is 2. The largest absolute Gasteiger partial charge is 0.284 e. The van der Waals surface area contributed by atoms with Crippen molar-refractivity contribution >= 4 is 21.6 Å². The molecule has 0 spiro atoms. The second-order valence-corrected chi connectivity index (χ2v) is 6.41. The molecule has 0 radical (unpaired) electrons. The van der Waals surface area contributed by atoms with E-state index in [1.807, 2.05) is 0 Å². The molecular weight excluding hydrogens is 262 g/mol. The van der Waals surface area contributed by atoms with Crippen LogP contribution in [0.5, 0.6) is 0 Å². The van der Waals surface area contributed by atoms with Gasteiger partial charge < -0.3 is 0 Å². The molecule has 1 aromatic rings. The molecule has 1 aliphatic rings. The van der Waals surface area contributed by atoms with E-state index in [-0.39, 0.29) is 10.9 Å². The van der Waals surface area contributed by atoms with Crippen molar-refractivity contribution in [3.8, 4) is 0 Å². The summed E-state index contributed by atoms with van der Waals surface area (Å²) in [5.41, 5.74) is 0. The number of aromatic amines is 1. The summed E-state index contributed by atoms with van der Waals surface area (Å²) < 4.78 is 26.3. The molecule has 1 unspecified atom stereocenters. The molecule has 17 heavy (non-hydrogen) atoms. The monoisotopic (exact) mass is 277 g/mol. The molecule has 1 saturated heterocycles. The minimum Gasteiger partial charge on any atom is -0.284 e. The van der Waals surface area contributed by atoms with Crippen LogP contribution >= 0.6 is 11.6 Å². The van der Waals surface area contributed by atoms with Gasteiger partial charge in [-0.25, -0.2) is 8.42 Å². The summed E-state index contributed by atoms with van der Waals surface area (Å²) in [6, 6.07) is -0.0981. The van der Waals surface area contributed by atoms with Crippen molar-refractivity contribution in [2.45, 2.75) is 36.6 Å². The van der Waals surface area contributed by atoms with Crippen molar-refractivity contribution in [1.82, 2.24) is 14.5 Å². The van der Waals surface area contributed by atoms with Crippen LogP contribution in [-0.4, -0.2) is 41.4 Å². The van der Waals surface area contributed by atoms with Gasteiger partial charge in [0.25, 0.3) is 0 Å². The minimum absolute atomic E-state index is 0.0981. The number of halogens is 1. The van der Waals surface area contributed by atoms with E-state index in [2.05, 4.69) is 10.2 Å². The Kier molecular flexibility index (Phi) is 4.06. The highest BCUT2D eigenvalue weighted by Gasteiger charge is 2.32. The molecule has 0 aliphatic carbocycles. The van der Waals surface area contributed by atoms with E-state index in [1.165, 1.54) is 16.7 Å². The van der Waals surface area contributed by atoms with Gasteiger partial charge in [-0.05, 0) is 12.8 Å². The van der Waals surface area contributed by atoms with Crippen LogP contribution in [0.3, 0.4) is 0 Å². The van der Waals surface area contributed by atoms with Gasteiger partial charge in [-0.1, -0.05) is 12.8 Å². The molecule has 0 amide bonds. The zero-order valence-corrected chi connectivity index (χ0v) is 11.0. The lowest BCUT2D eigenvalue weighted by Gasteiger charge is -2.26. The Morgan fingerprint density at radius 3 is 2.94 bits per heavy atom. The van der Waals surface area contributed by atoms with Crippen LogP contribution in [-0.2, 0) is 10.0 Å². The third kappa shape index (κ3) is 2.64. The van der Waals surface area contributed by atoms with Gasteiger partial charge in [0.15, 0.2) is 0 Å². The molecule has 1 aromatic heterocycles. The Bertz CT molecular complexity index is 446. The van der Waals surface area contributed by atoms with Crippen molar-refractivity contribution in [1.29, 1.82) is 0 Å². The van der Waals surface area contributed by atoms with Crippen molar-refractivity contribution in [3.05, 3.63) is 12.4 Å². The molecule has 0 bridgehead atoms. The first-order valence-corrected chi connectivity index (χ1v) is 7.70. The highest BCUT2D eigenvalue weighted by molar-refractivity contribution is 7.89. The van der Waals surface area contributed by atoms with Gasteiger partial charge in [-0.2, -0.15) is 9.40 Å². The van der Waals surface area contributed by atoms with Gasteiger partial charge >= 0.3 is 0 Å². The number of rotatable bonds is 3. The molecule has 1 N–H and O–H groups in total. The van der Waals surface area contributed by atoms with Gasteiger partial charge in [0.1, 0.15) is 4.90 Å². The maximum Gasteiger partial charge on any atom is 0.246 e. The van der Waals surface area contributed by atoms with Gasteiger partial charge in [-0.15, -0.1) is 11.6 Å². The first-order valence-electron chi connectivity index (χ1n) is 5.73. The summed E-state index contributed by atoms with van der Waals surface area (Å²) >= 11 is 5.89. The van der Waals surface area contributed by atoms with Crippen LogP contribution in [0.25, 0.3) is 0 Å². The summed E-state index contributed by atoms with van der Waals surface area (Å²) in [6.07, 6.45) is 6.57. The maximum absolute atomic E-state index is 12.4. The van der Waals surface area contributed by atoms with Gasteiger partial charge in [0, 0.05) is 24.7 Å². The average Bonchev–Trinajstić information content (AvgIpc) is 2.74. The maximum atomic E-state index is 12.4. The molecule has 1 aliphatic heterocycles. The third-order valence-electron chi connectivity index (χ3n) is 3.08. The fourth-order valence-corrected chi connectivity index (χ4v) is 4.14. The predicted octanol–water partition coefficient (Wildman–Crippen LogP) is 1.58. The lowest BCUT2D eigenvalue weighted by atomic mass is 10.1. The van der Waals surface area contributed by atoms with E-state index in [4.69, 9.17) is 11.6 Å². The number of alkyl halides is 1. The zero-order chi connectivity index (χ0) is 12.3. The summed E-state index contributed by atoms with van der Waals surface area (Å²) in [7, 11) is -3.45. The Morgan fingerprint density at radius 2 is 2.29 bits per heavy atom. The van der Waals surface area contributed by atoms with Crippen LogP contribution in [0.15, 0.2) is 17.3 Å². The van der Waals surface area contributed by atoms with Crippen LogP contribution < -0.4 is 0 Å². The van der Waals surface area contributed by atoms with Gasteiger partial charge in [-0.3, -0.25) is 5.10 Å². The lowest BCUT2D eigenvalue weighted by Crippen LogP contribution is -2.40. The highest BCUT2D eigenvalue weighted by Crippen LogP contribution is 2.24. The molecule has 5 nitrogen and oxygen atoms in total. The summed E-state index contributed by atoms with van der Waals surface area (Å²) in [5, 5.41) is 6.23. The van der Waals surface area contributed by atoms with Crippen LogP contribution in [0, 0.1) is 0 Å². The number of hydrogen-bond acceptors (Lipinski definition) is 3. The zero-order valence-electron chi connectivity index (χ0n) is 9.47. The Labute approximate surface area is 106 Å². The molecule has 7 heteroatoms. The van der Waals surface area contributed by atoms with Crippen LogP contribution in [0.4, 0.5) is 0 Å². The summed E-state index contributed by atoms with van der Waals surface area (Å²) in [4.78, 5) is 0.217. The number of H-pyrrole nitrogens is 1. The molecule has 2 rings (SSSR count). The first-order chi connectivity index (χ1) is 8.16. The Balaban J connectivity index is 2.29. The van der Waals surface area contributed by atoms with Crippen molar-refractivity contribution in [3.63, 3.8) is 0 Å². The molecule has 1 atom stereocenters. The first kappa shape index (κ1) is 12.9. The summed E-state index contributed by atoms with van der Waals surface area (Å²) in [5.74, 6) is 0.344. The molecule has 96 valence electrons. The summed E-state index contributed by atoms with van der Waals surface area (Å²) in [6.45, 7) is 0.547. The second-order valence-electron chi connectivity index (χ2n) is 4.21. The molecular formula is C10H16ClN3O2S. The van der Waals surface area contributed by atoms with E-state index < -0.39 is 10.0 Å². The van der Waals surface area contributed by atoms with Crippen LogP contribution in [0.1, 0.15) is 25.7 Å². The van der Waals surface area contributed by atoms with E-state index in [9.17, 15) is 8.42 Å². The predicted molar refractivity (Wildman–Crippen MR) is 65.5 cm³/mol. The van der Waals surface area contributed by atoms with Gasteiger partial charge in [0.05, 0.1) is 6.20 Å². The Morgan fingerprint density at radius 1 is 1.47 bits per heavy atom. The molecule has 2 heterocycles. The second kappa shape index (κ2) is 5.37. The highest BCUT2D eigenvalue weighted by atomic mass is 35.5. The van der Waals surface area contributed by atoms with E-state index in [0.717, 1.165) is 25.7 Å². The number of hydrogen-bond donors (Lipinski definition) is 1. The fourth-order valence-electron chi connectivity index (χ4n) is 2.14. The van der Waals surface area contributed by atoms with Crippen molar-refractivity contribution < 1.29 is 8.42 Å². The quantitative estimate of drug-likeness (QED) is 0.853. The fraction of sp³-hybridized carbons (Fsp3) is 0.700. The average molecular weight is 278 g/mol. The molecule has 1 fully saturated rings. The topological polar surface area (TPSA) is 66.1 Å². The van der Waals surface area contributed by atoms with Crippen LogP contribution in [0.2, 0.25) is 0 Å². The molecule has 0 saturated carbocycles. The van der Waals surface area contributed by atoms with Crippen molar-refractivity contribution in [2.24, 2.45) is 0 Å². The molecule has 0 aromatic carbocycles. The van der Waals surface area contributed by atoms with Crippen molar-refractivity contribution in [2.75, 3.05) is 12.4 Å². The number of nitrogens with one attached hydrogen (secondary N) is 1. The van der Waals surface area contributed by atoms with E-state index in [0.29, 0.717) is 12.4 Å². The smallest absolute Gasteiger partial charge is 0.246 e. The minimum atomic E-state index is -3.45. The lowest BCUT2D eigenvalue weighted by molar-refractivity contribution is 0.345. The SMILES string of the molecule is O=S(=O)(c1cn[nH]c1)N1CCCCCC1CCl. The number of nitrogens with zero attached hydrogens (tertiary/aromatic N) is 2. The van der Waals surface area contributed by atoms with E-state index in [1.54, 1.807) is 0 Å². The standard InChI is InChI=1S/C10H16ClN3O2S/c11-6-9-4-2-1-3-5-14(9)17(15,16)10-7-12-13-8-10/h7-9H,1-6H2,(H,12,13). The normalized spacial score (nSPS) is 23.5. The third-order valence-corrected chi connectivity index (χ3v) is 5.35. The Hall–Kier alpha value is -0.590. The number of sulfonamides is 1. The van der Waals surface area contributed by atoms with E-state index >= 15 is 0 Å². The van der Waals surface area contributed by atoms with Gasteiger partial charge in [0.2, 0.25) is 10.0 Å².